The van der Waals surface area contributed by atoms with Gasteiger partial charge >= 0.3 is 0 Å². The molecule has 0 aromatic carbocycles. The molecule has 1 amide bonds. The summed E-state index contributed by atoms with van der Waals surface area (Å²) in [7, 11) is 1.40. The highest BCUT2D eigenvalue weighted by Gasteiger charge is 2.14. The van der Waals surface area contributed by atoms with Gasteiger partial charge in [-0.25, -0.2) is 4.98 Å². The van der Waals surface area contributed by atoms with Crippen LogP contribution in [-0.2, 0) is 14.4 Å². The zero-order valence-corrected chi connectivity index (χ0v) is 9.97. The molecule has 6 nitrogen and oxygen atoms in total. The van der Waals surface area contributed by atoms with Gasteiger partial charge in [0.2, 0.25) is 5.91 Å². The standard InChI is InChI=1S/C8H10ClN3O3S/c1-15-12-5(3-13)6-4-16-8(10-6)11-7(14)2-9/h3-5,12H,2H2,1H3,(H,10,11,14). The van der Waals surface area contributed by atoms with Crippen LogP contribution in [0.3, 0.4) is 0 Å². The highest BCUT2D eigenvalue weighted by Crippen LogP contribution is 2.19. The predicted octanol–water partition coefficient (Wildman–Crippen LogP) is 0.711. The first-order valence-electron chi connectivity index (χ1n) is 4.26. The number of thiazole rings is 1. The molecule has 1 aromatic heterocycles. The van der Waals surface area contributed by atoms with Gasteiger partial charge in [0, 0.05) is 5.38 Å². The molecule has 0 saturated heterocycles. The van der Waals surface area contributed by atoms with Crippen LogP contribution in [0.15, 0.2) is 5.38 Å². The number of carbonyl (C=O) groups excluding carboxylic acids is 2. The predicted molar refractivity (Wildman–Crippen MR) is 60.4 cm³/mol. The van der Waals surface area contributed by atoms with Crippen molar-refractivity contribution in [1.82, 2.24) is 10.5 Å². The number of halogens is 1. The monoisotopic (exact) mass is 263 g/mol. The Morgan fingerprint density at radius 2 is 2.56 bits per heavy atom. The van der Waals surface area contributed by atoms with Gasteiger partial charge in [-0.15, -0.1) is 22.9 Å². The second-order valence-electron chi connectivity index (χ2n) is 2.70. The van der Waals surface area contributed by atoms with Crippen LogP contribution >= 0.6 is 22.9 Å². The van der Waals surface area contributed by atoms with Gasteiger partial charge in [-0.2, -0.15) is 5.48 Å². The highest BCUT2D eigenvalue weighted by atomic mass is 35.5. The van der Waals surface area contributed by atoms with Crippen LogP contribution in [0.5, 0.6) is 0 Å². The Labute approximate surface area is 101 Å². The second-order valence-corrected chi connectivity index (χ2v) is 3.82. The van der Waals surface area contributed by atoms with Gasteiger partial charge in [0.1, 0.15) is 18.2 Å². The van der Waals surface area contributed by atoms with E-state index in [0.717, 1.165) is 0 Å². The summed E-state index contributed by atoms with van der Waals surface area (Å²) in [6.45, 7) is 0. The van der Waals surface area contributed by atoms with Crippen molar-refractivity contribution in [2.45, 2.75) is 6.04 Å². The number of hydroxylamine groups is 1. The summed E-state index contributed by atoms with van der Waals surface area (Å²) in [5.74, 6) is -0.479. The lowest BCUT2D eigenvalue weighted by Crippen LogP contribution is -2.21. The topological polar surface area (TPSA) is 80.3 Å². The second kappa shape index (κ2) is 6.54. The lowest BCUT2D eigenvalue weighted by atomic mass is 10.3. The zero-order chi connectivity index (χ0) is 12.0. The van der Waals surface area contributed by atoms with E-state index in [1.54, 1.807) is 5.38 Å². The molecular weight excluding hydrogens is 254 g/mol. The van der Waals surface area contributed by atoms with E-state index in [4.69, 9.17) is 11.6 Å². The Morgan fingerprint density at radius 1 is 1.81 bits per heavy atom. The third-order valence-electron chi connectivity index (χ3n) is 1.59. The van der Waals surface area contributed by atoms with Crippen molar-refractivity contribution in [1.29, 1.82) is 0 Å². The number of amides is 1. The summed E-state index contributed by atoms with van der Waals surface area (Å²) >= 11 is 6.53. The van der Waals surface area contributed by atoms with Gasteiger partial charge in [0.15, 0.2) is 5.13 Å². The van der Waals surface area contributed by atoms with Crippen molar-refractivity contribution in [2.75, 3.05) is 18.3 Å². The molecule has 0 aliphatic rings. The van der Waals surface area contributed by atoms with Gasteiger partial charge in [-0.3, -0.25) is 4.79 Å². The largest absolute Gasteiger partial charge is 0.304 e. The summed E-state index contributed by atoms with van der Waals surface area (Å²) < 4.78 is 0. The molecule has 0 aliphatic carbocycles. The fraction of sp³-hybridized carbons (Fsp3) is 0.375. The van der Waals surface area contributed by atoms with Crippen molar-refractivity contribution in [3.63, 3.8) is 0 Å². The number of hydrogen-bond donors (Lipinski definition) is 2. The van der Waals surface area contributed by atoms with Crippen LogP contribution in [0.2, 0.25) is 0 Å². The Balaban J connectivity index is 2.69. The molecule has 1 unspecified atom stereocenters. The average Bonchev–Trinajstić information content (AvgIpc) is 2.74. The normalized spacial score (nSPS) is 12.1. The van der Waals surface area contributed by atoms with Crippen molar-refractivity contribution >= 4 is 40.3 Å². The molecule has 0 spiro atoms. The minimum absolute atomic E-state index is 0.137. The maximum Gasteiger partial charge on any atom is 0.241 e. The fourth-order valence-corrected chi connectivity index (χ4v) is 1.75. The zero-order valence-electron chi connectivity index (χ0n) is 8.40. The molecule has 1 atom stereocenters. The number of rotatable bonds is 6. The maximum absolute atomic E-state index is 11.0. The van der Waals surface area contributed by atoms with Crippen LogP contribution in [0, 0.1) is 0 Å². The first-order chi connectivity index (χ1) is 7.71. The third kappa shape index (κ3) is 3.53. The van der Waals surface area contributed by atoms with Crippen LogP contribution in [0.4, 0.5) is 5.13 Å². The minimum atomic E-state index is -0.650. The van der Waals surface area contributed by atoms with E-state index in [1.165, 1.54) is 18.4 Å². The third-order valence-corrected chi connectivity index (χ3v) is 2.61. The van der Waals surface area contributed by atoms with Gasteiger partial charge in [0.05, 0.1) is 12.8 Å². The van der Waals surface area contributed by atoms with E-state index in [9.17, 15) is 9.59 Å². The molecule has 88 valence electrons. The van der Waals surface area contributed by atoms with E-state index in [0.29, 0.717) is 17.1 Å². The summed E-state index contributed by atoms with van der Waals surface area (Å²) in [5.41, 5.74) is 2.94. The van der Waals surface area contributed by atoms with Crippen LogP contribution in [0.25, 0.3) is 0 Å². The Bertz CT molecular complexity index is 371. The molecule has 1 aromatic rings. The minimum Gasteiger partial charge on any atom is -0.304 e. The molecular formula is C8H10ClN3O3S. The van der Waals surface area contributed by atoms with Gasteiger partial charge in [-0.1, -0.05) is 0 Å². The van der Waals surface area contributed by atoms with E-state index in [2.05, 4.69) is 20.6 Å². The number of alkyl halides is 1. The molecule has 1 heterocycles. The molecule has 1 rings (SSSR count). The number of hydrogen-bond acceptors (Lipinski definition) is 6. The first-order valence-corrected chi connectivity index (χ1v) is 5.67. The number of nitrogens with one attached hydrogen (secondary N) is 2. The molecule has 0 aliphatic heterocycles. The molecule has 0 bridgehead atoms. The van der Waals surface area contributed by atoms with Crippen LogP contribution in [0.1, 0.15) is 11.7 Å². The average molecular weight is 264 g/mol. The molecule has 16 heavy (non-hydrogen) atoms. The van der Waals surface area contributed by atoms with E-state index < -0.39 is 6.04 Å². The summed E-state index contributed by atoms with van der Waals surface area (Å²) in [6, 6.07) is -0.650. The lowest BCUT2D eigenvalue weighted by molar-refractivity contribution is -0.114. The fourth-order valence-electron chi connectivity index (χ4n) is 0.924. The Kier molecular flexibility index (Phi) is 5.33. The quantitative estimate of drug-likeness (QED) is 0.449. The smallest absolute Gasteiger partial charge is 0.241 e. The SMILES string of the molecule is CONC(C=O)c1csc(NC(=O)CCl)n1. The summed E-state index contributed by atoms with van der Waals surface area (Å²) in [6.07, 6.45) is 0.658. The van der Waals surface area contributed by atoms with E-state index in [-0.39, 0.29) is 11.8 Å². The molecule has 8 heteroatoms. The van der Waals surface area contributed by atoms with Crippen LogP contribution < -0.4 is 10.8 Å². The van der Waals surface area contributed by atoms with Crippen LogP contribution in [-0.4, -0.2) is 30.2 Å². The van der Waals surface area contributed by atoms with Gasteiger partial charge in [-0.05, 0) is 0 Å². The van der Waals surface area contributed by atoms with E-state index in [1.807, 2.05) is 0 Å². The molecule has 0 radical (unpaired) electrons. The lowest BCUT2D eigenvalue weighted by Gasteiger charge is -2.06. The highest BCUT2D eigenvalue weighted by molar-refractivity contribution is 7.14. The van der Waals surface area contributed by atoms with Crippen molar-refractivity contribution in [2.24, 2.45) is 0 Å². The van der Waals surface area contributed by atoms with Crippen molar-refractivity contribution in [3.05, 3.63) is 11.1 Å². The summed E-state index contributed by atoms with van der Waals surface area (Å²) in [5, 5.41) is 4.53. The summed E-state index contributed by atoms with van der Waals surface area (Å²) in [4.78, 5) is 30.3. The van der Waals surface area contributed by atoms with Crippen molar-refractivity contribution < 1.29 is 14.4 Å². The molecule has 0 saturated carbocycles. The Morgan fingerprint density at radius 3 is 3.12 bits per heavy atom. The first kappa shape index (κ1) is 13.0. The maximum atomic E-state index is 11.0. The number of carbonyl (C=O) groups is 2. The van der Waals surface area contributed by atoms with E-state index >= 15 is 0 Å². The number of aldehydes is 1. The molecule has 2 N–H and O–H groups in total. The number of anilines is 1. The molecule has 0 fully saturated rings. The van der Waals surface area contributed by atoms with Crippen molar-refractivity contribution in [3.8, 4) is 0 Å². The van der Waals surface area contributed by atoms with Gasteiger partial charge < -0.3 is 14.9 Å². The number of aromatic nitrogens is 1. The van der Waals surface area contributed by atoms with Gasteiger partial charge in [0.25, 0.3) is 0 Å². The Hall–Kier alpha value is -1.02. The number of nitrogens with zero attached hydrogens (tertiary/aromatic N) is 1.